The normalized spacial score (nSPS) is 10.2. The number of Topliss-reactive ketones (excluding diaryl/α,β-unsaturated/α-hetero) is 1. The Morgan fingerprint density at radius 1 is 1.00 bits per heavy atom. The number of ketones is 1. The molecule has 0 fully saturated rings. The molecule has 0 atom stereocenters. The van der Waals surface area contributed by atoms with Crippen molar-refractivity contribution in [2.45, 2.75) is 19.8 Å². The molecule has 5 nitrogen and oxygen atoms in total. The molecular weight excluding hydrogens is 306 g/mol. The predicted molar refractivity (Wildman–Crippen MR) is 92.2 cm³/mol. The van der Waals surface area contributed by atoms with Crippen molar-refractivity contribution in [3.05, 3.63) is 59.7 Å². The maximum atomic E-state index is 11.9. The number of aryl methyl sites for hydroxylation is 1. The molecule has 2 aromatic carbocycles. The maximum absolute atomic E-state index is 11.9. The number of hydrogen-bond donors (Lipinski definition) is 2. The number of aliphatic hydroxyl groups excluding tert-OH is 1. The van der Waals surface area contributed by atoms with Crippen LogP contribution in [0.3, 0.4) is 0 Å². The molecule has 0 radical (unpaired) electrons. The molecule has 0 aromatic heterocycles. The van der Waals surface area contributed by atoms with E-state index >= 15 is 0 Å². The van der Waals surface area contributed by atoms with Gasteiger partial charge in [0, 0.05) is 12.1 Å². The van der Waals surface area contributed by atoms with Gasteiger partial charge in [-0.3, -0.25) is 9.59 Å². The van der Waals surface area contributed by atoms with E-state index < -0.39 is 6.61 Å². The number of aliphatic hydroxyl groups is 1. The van der Waals surface area contributed by atoms with E-state index in [1.165, 1.54) is 5.56 Å². The zero-order valence-corrected chi connectivity index (χ0v) is 13.6. The van der Waals surface area contributed by atoms with Crippen LogP contribution >= 0.6 is 0 Å². The van der Waals surface area contributed by atoms with E-state index in [4.69, 9.17) is 9.84 Å². The number of benzene rings is 2. The first kappa shape index (κ1) is 17.7. The van der Waals surface area contributed by atoms with Gasteiger partial charge in [-0.1, -0.05) is 31.2 Å². The molecule has 0 spiro atoms. The van der Waals surface area contributed by atoms with E-state index in [1.54, 1.807) is 24.3 Å². The Kier molecular flexibility index (Phi) is 6.51. The summed E-state index contributed by atoms with van der Waals surface area (Å²) in [6.45, 7) is 1.54. The van der Waals surface area contributed by atoms with Crippen LogP contribution in [0.5, 0.6) is 5.75 Å². The largest absolute Gasteiger partial charge is 0.484 e. The van der Waals surface area contributed by atoms with Gasteiger partial charge < -0.3 is 15.2 Å². The zero-order chi connectivity index (χ0) is 17.4. The standard InChI is InChI=1S/C19H21NO4/c1-2-14-5-9-18(10-6-14)24-13-19(23)20-16-7-3-15(4-8-16)11-17(22)12-21/h3-10,21H,2,11-13H2,1H3,(H,20,23). The minimum atomic E-state index is -0.463. The van der Waals surface area contributed by atoms with E-state index in [1.807, 2.05) is 24.3 Å². The molecule has 0 saturated heterocycles. The van der Waals surface area contributed by atoms with Gasteiger partial charge in [0.2, 0.25) is 0 Å². The van der Waals surface area contributed by atoms with E-state index in [2.05, 4.69) is 12.2 Å². The first-order chi connectivity index (χ1) is 11.6. The van der Waals surface area contributed by atoms with Crippen LogP contribution in [0.1, 0.15) is 18.1 Å². The molecule has 0 aliphatic rings. The zero-order valence-electron chi connectivity index (χ0n) is 13.6. The lowest BCUT2D eigenvalue weighted by Crippen LogP contribution is -2.20. The molecule has 1 amide bonds. The first-order valence-electron chi connectivity index (χ1n) is 7.83. The van der Waals surface area contributed by atoms with Gasteiger partial charge in [0.25, 0.3) is 5.91 Å². The van der Waals surface area contributed by atoms with E-state index in [0.29, 0.717) is 11.4 Å². The van der Waals surface area contributed by atoms with Gasteiger partial charge in [-0.2, -0.15) is 0 Å². The minimum Gasteiger partial charge on any atom is -0.484 e. The van der Waals surface area contributed by atoms with Crippen molar-refractivity contribution in [1.82, 2.24) is 0 Å². The average Bonchev–Trinajstić information content (AvgIpc) is 2.62. The lowest BCUT2D eigenvalue weighted by atomic mass is 10.1. The maximum Gasteiger partial charge on any atom is 0.262 e. The first-order valence-corrected chi connectivity index (χ1v) is 7.83. The summed E-state index contributed by atoms with van der Waals surface area (Å²) >= 11 is 0. The summed E-state index contributed by atoms with van der Waals surface area (Å²) in [4.78, 5) is 23.1. The second-order valence-electron chi connectivity index (χ2n) is 5.40. The lowest BCUT2D eigenvalue weighted by molar-refractivity contribution is -0.121. The summed E-state index contributed by atoms with van der Waals surface area (Å²) in [6, 6.07) is 14.6. The fourth-order valence-electron chi connectivity index (χ4n) is 2.16. The van der Waals surface area contributed by atoms with Gasteiger partial charge in [0.1, 0.15) is 12.4 Å². The van der Waals surface area contributed by atoms with Crippen LogP contribution in [0.4, 0.5) is 5.69 Å². The Morgan fingerprint density at radius 2 is 1.62 bits per heavy atom. The Hall–Kier alpha value is -2.66. The highest BCUT2D eigenvalue weighted by Crippen LogP contribution is 2.13. The van der Waals surface area contributed by atoms with E-state index in [-0.39, 0.29) is 24.7 Å². The molecule has 0 unspecified atom stereocenters. The van der Waals surface area contributed by atoms with Gasteiger partial charge in [-0.15, -0.1) is 0 Å². The highest BCUT2D eigenvalue weighted by atomic mass is 16.5. The molecule has 0 aliphatic carbocycles. The number of nitrogens with one attached hydrogen (secondary N) is 1. The molecule has 5 heteroatoms. The van der Waals surface area contributed by atoms with Crippen molar-refractivity contribution < 1.29 is 19.4 Å². The smallest absolute Gasteiger partial charge is 0.262 e. The molecule has 0 saturated carbocycles. The topological polar surface area (TPSA) is 75.6 Å². The fourth-order valence-corrected chi connectivity index (χ4v) is 2.16. The molecule has 2 N–H and O–H groups in total. The van der Waals surface area contributed by atoms with Crippen molar-refractivity contribution in [2.75, 3.05) is 18.5 Å². The van der Waals surface area contributed by atoms with Crippen molar-refractivity contribution in [3.63, 3.8) is 0 Å². The average molecular weight is 327 g/mol. The molecular formula is C19H21NO4. The van der Waals surface area contributed by atoms with Crippen molar-refractivity contribution in [2.24, 2.45) is 0 Å². The molecule has 2 rings (SSSR count). The Balaban J connectivity index is 1.82. The quantitative estimate of drug-likeness (QED) is 0.780. The highest BCUT2D eigenvalue weighted by Gasteiger charge is 2.05. The van der Waals surface area contributed by atoms with E-state index in [0.717, 1.165) is 12.0 Å². The van der Waals surface area contributed by atoms with Crippen molar-refractivity contribution >= 4 is 17.4 Å². The molecule has 0 bridgehead atoms. The van der Waals surface area contributed by atoms with Crippen LogP contribution in [-0.4, -0.2) is 30.0 Å². The second kappa shape index (κ2) is 8.84. The minimum absolute atomic E-state index is 0.0732. The van der Waals surface area contributed by atoms with Gasteiger partial charge in [-0.05, 0) is 41.8 Å². The number of anilines is 1. The summed E-state index contributed by atoms with van der Waals surface area (Å²) in [7, 11) is 0. The molecule has 24 heavy (non-hydrogen) atoms. The van der Waals surface area contributed by atoms with Crippen LogP contribution in [-0.2, 0) is 22.4 Å². The third-order valence-electron chi connectivity index (χ3n) is 3.52. The predicted octanol–water partition coefficient (Wildman–Crippen LogP) is 2.37. The lowest BCUT2D eigenvalue weighted by Gasteiger charge is -2.08. The third-order valence-corrected chi connectivity index (χ3v) is 3.52. The van der Waals surface area contributed by atoms with Crippen molar-refractivity contribution in [1.29, 1.82) is 0 Å². The number of carbonyl (C=O) groups excluding carboxylic acids is 2. The van der Waals surface area contributed by atoms with Gasteiger partial charge in [0.05, 0.1) is 0 Å². The number of ether oxygens (including phenoxy) is 1. The third kappa shape index (κ3) is 5.52. The Morgan fingerprint density at radius 3 is 2.21 bits per heavy atom. The number of hydrogen-bond acceptors (Lipinski definition) is 4. The molecule has 126 valence electrons. The Bertz CT molecular complexity index is 678. The van der Waals surface area contributed by atoms with Gasteiger partial charge >= 0.3 is 0 Å². The van der Waals surface area contributed by atoms with Crippen LogP contribution in [0.25, 0.3) is 0 Å². The molecule has 0 aliphatic heterocycles. The Labute approximate surface area is 141 Å². The molecule has 0 heterocycles. The van der Waals surface area contributed by atoms with Gasteiger partial charge in [-0.25, -0.2) is 0 Å². The van der Waals surface area contributed by atoms with Gasteiger partial charge in [0.15, 0.2) is 12.4 Å². The fraction of sp³-hybridized carbons (Fsp3) is 0.263. The number of rotatable bonds is 8. The summed E-state index contributed by atoms with van der Waals surface area (Å²) in [6.07, 6.45) is 1.14. The summed E-state index contributed by atoms with van der Waals surface area (Å²) in [5.41, 5.74) is 2.64. The number of amides is 1. The second-order valence-corrected chi connectivity index (χ2v) is 5.40. The molecule has 2 aromatic rings. The highest BCUT2D eigenvalue weighted by molar-refractivity contribution is 5.92. The summed E-state index contributed by atoms with van der Waals surface area (Å²) in [5, 5.41) is 11.5. The van der Waals surface area contributed by atoms with Crippen LogP contribution < -0.4 is 10.1 Å². The number of carbonyl (C=O) groups is 2. The summed E-state index contributed by atoms with van der Waals surface area (Å²) < 4.78 is 5.45. The van der Waals surface area contributed by atoms with Crippen LogP contribution in [0.2, 0.25) is 0 Å². The monoisotopic (exact) mass is 327 g/mol. The SMILES string of the molecule is CCc1ccc(OCC(=O)Nc2ccc(CC(=O)CO)cc2)cc1. The summed E-state index contributed by atoms with van der Waals surface area (Å²) in [5.74, 6) is 0.156. The van der Waals surface area contributed by atoms with Crippen molar-refractivity contribution in [3.8, 4) is 5.75 Å². The van der Waals surface area contributed by atoms with Crippen LogP contribution in [0, 0.1) is 0 Å². The van der Waals surface area contributed by atoms with E-state index in [9.17, 15) is 9.59 Å². The van der Waals surface area contributed by atoms with Crippen LogP contribution in [0.15, 0.2) is 48.5 Å².